The van der Waals surface area contributed by atoms with Crippen molar-refractivity contribution in [3.63, 3.8) is 0 Å². The van der Waals surface area contributed by atoms with Crippen molar-refractivity contribution in [1.82, 2.24) is 15.2 Å². The molecular weight excluding hydrogens is 242 g/mol. The molecule has 1 aromatic heterocycles. The standard InChI is InChI=1S/C14H25N3O2/c1-5-7-15-9-10-17(2)11-12-14(19-4)13(18-3)6-8-16-12/h6,8,15H,5,7,9-11H2,1-4H3. The van der Waals surface area contributed by atoms with Gasteiger partial charge in [-0.2, -0.15) is 0 Å². The third-order valence-electron chi connectivity index (χ3n) is 2.88. The van der Waals surface area contributed by atoms with Crippen LogP contribution in [-0.4, -0.2) is 50.8 Å². The first-order valence-electron chi connectivity index (χ1n) is 6.68. The van der Waals surface area contributed by atoms with Crippen molar-refractivity contribution in [2.24, 2.45) is 0 Å². The first-order chi connectivity index (χ1) is 9.22. The molecular formula is C14H25N3O2. The molecule has 0 radical (unpaired) electrons. The Kier molecular flexibility index (Phi) is 7.22. The molecule has 1 aromatic rings. The van der Waals surface area contributed by atoms with Crippen molar-refractivity contribution < 1.29 is 9.47 Å². The molecule has 5 heteroatoms. The van der Waals surface area contributed by atoms with Gasteiger partial charge in [0.2, 0.25) is 0 Å². The fraction of sp³-hybridized carbons (Fsp3) is 0.643. The van der Waals surface area contributed by atoms with E-state index in [-0.39, 0.29) is 0 Å². The van der Waals surface area contributed by atoms with Crippen LogP contribution in [0.2, 0.25) is 0 Å². The van der Waals surface area contributed by atoms with Crippen LogP contribution in [0.3, 0.4) is 0 Å². The highest BCUT2D eigenvalue weighted by Crippen LogP contribution is 2.29. The minimum Gasteiger partial charge on any atom is -0.493 e. The summed E-state index contributed by atoms with van der Waals surface area (Å²) in [7, 11) is 5.36. The highest BCUT2D eigenvalue weighted by atomic mass is 16.5. The number of aromatic nitrogens is 1. The zero-order valence-corrected chi connectivity index (χ0v) is 12.4. The topological polar surface area (TPSA) is 46.6 Å². The number of nitrogens with zero attached hydrogens (tertiary/aromatic N) is 2. The summed E-state index contributed by atoms with van der Waals surface area (Å²) in [6.45, 7) is 5.93. The molecule has 0 atom stereocenters. The highest BCUT2D eigenvalue weighted by molar-refractivity contribution is 5.42. The van der Waals surface area contributed by atoms with Gasteiger partial charge in [-0.15, -0.1) is 0 Å². The van der Waals surface area contributed by atoms with Crippen LogP contribution in [0.1, 0.15) is 19.0 Å². The van der Waals surface area contributed by atoms with Gasteiger partial charge in [0, 0.05) is 31.9 Å². The number of likely N-dealkylation sites (N-methyl/N-ethyl adjacent to an activating group) is 1. The Morgan fingerprint density at radius 2 is 2.05 bits per heavy atom. The van der Waals surface area contributed by atoms with Crippen LogP contribution in [0.25, 0.3) is 0 Å². The monoisotopic (exact) mass is 267 g/mol. The van der Waals surface area contributed by atoms with Gasteiger partial charge in [-0.1, -0.05) is 6.92 Å². The van der Waals surface area contributed by atoms with E-state index >= 15 is 0 Å². The Labute approximate surface area is 115 Å². The molecule has 0 bridgehead atoms. The normalized spacial score (nSPS) is 10.8. The molecule has 0 aliphatic heterocycles. The highest BCUT2D eigenvalue weighted by Gasteiger charge is 2.12. The molecule has 0 unspecified atom stereocenters. The van der Waals surface area contributed by atoms with Crippen LogP contribution in [0.4, 0.5) is 0 Å². The van der Waals surface area contributed by atoms with Crippen LogP contribution in [0.15, 0.2) is 12.3 Å². The molecule has 0 spiro atoms. The van der Waals surface area contributed by atoms with E-state index in [1.807, 2.05) is 6.07 Å². The van der Waals surface area contributed by atoms with E-state index in [1.165, 1.54) is 0 Å². The number of hydrogen-bond acceptors (Lipinski definition) is 5. The quantitative estimate of drug-likeness (QED) is 0.688. The lowest BCUT2D eigenvalue weighted by Crippen LogP contribution is -2.29. The second kappa shape index (κ2) is 8.72. The molecule has 19 heavy (non-hydrogen) atoms. The predicted molar refractivity (Wildman–Crippen MR) is 76.8 cm³/mol. The van der Waals surface area contributed by atoms with E-state index in [0.29, 0.717) is 0 Å². The summed E-state index contributed by atoms with van der Waals surface area (Å²) in [6, 6.07) is 1.81. The van der Waals surface area contributed by atoms with Crippen molar-refractivity contribution in [1.29, 1.82) is 0 Å². The van der Waals surface area contributed by atoms with Gasteiger partial charge in [-0.05, 0) is 20.0 Å². The van der Waals surface area contributed by atoms with Gasteiger partial charge in [-0.25, -0.2) is 0 Å². The minimum atomic E-state index is 0.721. The zero-order chi connectivity index (χ0) is 14.1. The van der Waals surface area contributed by atoms with E-state index in [2.05, 4.69) is 29.2 Å². The zero-order valence-electron chi connectivity index (χ0n) is 12.4. The summed E-state index contributed by atoms with van der Waals surface area (Å²) in [5, 5.41) is 3.38. The third kappa shape index (κ3) is 5.04. The van der Waals surface area contributed by atoms with Crippen molar-refractivity contribution in [3.8, 4) is 11.5 Å². The molecule has 0 aliphatic rings. The average molecular weight is 267 g/mol. The lowest BCUT2D eigenvalue weighted by Gasteiger charge is -2.18. The molecule has 0 aliphatic carbocycles. The lowest BCUT2D eigenvalue weighted by atomic mass is 10.3. The Morgan fingerprint density at radius 1 is 1.26 bits per heavy atom. The van der Waals surface area contributed by atoms with Crippen LogP contribution < -0.4 is 14.8 Å². The largest absolute Gasteiger partial charge is 0.493 e. The van der Waals surface area contributed by atoms with E-state index in [0.717, 1.165) is 49.8 Å². The number of ether oxygens (including phenoxy) is 2. The molecule has 0 saturated carbocycles. The second-order valence-electron chi connectivity index (χ2n) is 4.48. The Balaban J connectivity index is 2.56. The fourth-order valence-corrected chi connectivity index (χ4v) is 1.87. The van der Waals surface area contributed by atoms with E-state index in [9.17, 15) is 0 Å². The average Bonchev–Trinajstić information content (AvgIpc) is 2.43. The molecule has 0 saturated heterocycles. The Hall–Kier alpha value is -1.33. The maximum absolute atomic E-state index is 5.38. The van der Waals surface area contributed by atoms with Crippen LogP contribution >= 0.6 is 0 Å². The van der Waals surface area contributed by atoms with Crippen molar-refractivity contribution in [2.45, 2.75) is 19.9 Å². The molecule has 0 fully saturated rings. The molecule has 1 N–H and O–H groups in total. The van der Waals surface area contributed by atoms with Gasteiger partial charge in [-0.3, -0.25) is 9.88 Å². The summed E-state index contributed by atoms with van der Waals surface area (Å²) in [6.07, 6.45) is 2.91. The molecule has 0 amide bonds. The number of rotatable bonds is 9. The van der Waals surface area contributed by atoms with Crippen LogP contribution in [0, 0.1) is 0 Å². The smallest absolute Gasteiger partial charge is 0.183 e. The Morgan fingerprint density at radius 3 is 2.68 bits per heavy atom. The van der Waals surface area contributed by atoms with Gasteiger partial charge in [0.1, 0.15) is 5.69 Å². The van der Waals surface area contributed by atoms with Gasteiger partial charge < -0.3 is 14.8 Å². The fourth-order valence-electron chi connectivity index (χ4n) is 1.87. The predicted octanol–water partition coefficient (Wildman–Crippen LogP) is 1.53. The maximum Gasteiger partial charge on any atom is 0.183 e. The van der Waals surface area contributed by atoms with Crippen LogP contribution in [0.5, 0.6) is 11.5 Å². The number of pyridine rings is 1. The summed E-state index contributed by atoms with van der Waals surface area (Å²) in [5.41, 5.74) is 0.903. The van der Waals surface area contributed by atoms with Gasteiger partial charge in [0.05, 0.1) is 14.2 Å². The molecule has 108 valence electrons. The molecule has 1 heterocycles. The van der Waals surface area contributed by atoms with Crippen molar-refractivity contribution in [3.05, 3.63) is 18.0 Å². The van der Waals surface area contributed by atoms with E-state index in [4.69, 9.17) is 9.47 Å². The SMILES string of the molecule is CCCNCCN(C)Cc1nccc(OC)c1OC. The molecule has 5 nitrogen and oxygen atoms in total. The minimum absolute atomic E-state index is 0.721. The number of nitrogens with one attached hydrogen (secondary N) is 1. The Bertz CT molecular complexity index is 372. The van der Waals surface area contributed by atoms with E-state index < -0.39 is 0 Å². The van der Waals surface area contributed by atoms with Crippen molar-refractivity contribution >= 4 is 0 Å². The summed E-state index contributed by atoms with van der Waals surface area (Å²) < 4.78 is 10.7. The van der Waals surface area contributed by atoms with E-state index in [1.54, 1.807) is 20.4 Å². The van der Waals surface area contributed by atoms with Gasteiger partial charge >= 0.3 is 0 Å². The van der Waals surface area contributed by atoms with Gasteiger partial charge in [0.25, 0.3) is 0 Å². The number of hydrogen-bond donors (Lipinski definition) is 1. The molecule has 1 rings (SSSR count). The molecule has 0 aromatic carbocycles. The summed E-state index contributed by atoms with van der Waals surface area (Å²) in [4.78, 5) is 6.59. The summed E-state index contributed by atoms with van der Waals surface area (Å²) >= 11 is 0. The second-order valence-corrected chi connectivity index (χ2v) is 4.48. The maximum atomic E-state index is 5.38. The number of methoxy groups -OCH3 is 2. The third-order valence-corrected chi connectivity index (χ3v) is 2.88. The van der Waals surface area contributed by atoms with Crippen molar-refractivity contribution in [2.75, 3.05) is 40.9 Å². The first kappa shape index (κ1) is 15.7. The first-order valence-corrected chi connectivity index (χ1v) is 6.68. The summed E-state index contributed by atoms with van der Waals surface area (Å²) in [5.74, 6) is 1.45. The van der Waals surface area contributed by atoms with Gasteiger partial charge in [0.15, 0.2) is 11.5 Å². The van der Waals surface area contributed by atoms with Crippen LogP contribution in [-0.2, 0) is 6.54 Å². The lowest BCUT2D eigenvalue weighted by molar-refractivity contribution is 0.303.